The smallest absolute Gasteiger partial charge is 0.142 e. The van der Waals surface area contributed by atoms with Gasteiger partial charge in [-0.15, -0.1) is 11.6 Å². The summed E-state index contributed by atoms with van der Waals surface area (Å²) in [4.78, 5) is 0. The van der Waals surface area contributed by atoms with E-state index in [9.17, 15) is 4.39 Å². The summed E-state index contributed by atoms with van der Waals surface area (Å²) in [5.41, 5.74) is 0.855. The molecule has 0 saturated carbocycles. The van der Waals surface area contributed by atoms with Crippen molar-refractivity contribution in [2.75, 3.05) is 5.88 Å². The molecule has 16 heavy (non-hydrogen) atoms. The lowest BCUT2D eigenvalue weighted by Crippen LogP contribution is -2.10. The maximum absolute atomic E-state index is 13.2. The molecule has 1 unspecified atom stereocenters. The zero-order valence-corrected chi connectivity index (χ0v) is 11.2. The van der Waals surface area contributed by atoms with Gasteiger partial charge in [-0.25, -0.2) is 4.39 Å². The van der Waals surface area contributed by atoms with Crippen LogP contribution in [-0.4, -0.2) is 5.88 Å². The molecule has 0 nitrogen and oxygen atoms in total. The van der Waals surface area contributed by atoms with Gasteiger partial charge in [-0.05, 0) is 36.3 Å². The van der Waals surface area contributed by atoms with Crippen LogP contribution in [0.3, 0.4) is 0 Å². The minimum atomic E-state index is -0.350. The summed E-state index contributed by atoms with van der Waals surface area (Å²) < 4.78 is 13.2. The molecule has 0 heterocycles. The fourth-order valence-electron chi connectivity index (χ4n) is 1.88. The van der Waals surface area contributed by atoms with Crippen LogP contribution in [0.15, 0.2) is 18.2 Å². The Hall–Kier alpha value is -0.270. The zero-order valence-electron chi connectivity index (χ0n) is 9.64. The Balaban J connectivity index is 2.74. The predicted molar refractivity (Wildman–Crippen MR) is 68.8 cm³/mol. The van der Waals surface area contributed by atoms with Gasteiger partial charge < -0.3 is 0 Å². The Morgan fingerprint density at radius 3 is 2.56 bits per heavy atom. The topological polar surface area (TPSA) is 0 Å². The van der Waals surface area contributed by atoms with E-state index in [0.717, 1.165) is 18.4 Å². The Kier molecular flexibility index (Phi) is 5.57. The van der Waals surface area contributed by atoms with Crippen molar-refractivity contribution in [1.82, 2.24) is 0 Å². The molecule has 0 aliphatic rings. The lowest BCUT2D eigenvalue weighted by atomic mass is 9.92. The molecule has 1 aromatic rings. The van der Waals surface area contributed by atoms with Crippen molar-refractivity contribution in [3.05, 3.63) is 34.6 Å². The van der Waals surface area contributed by atoms with Crippen molar-refractivity contribution >= 4 is 23.2 Å². The van der Waals surface area contributed by atoms with Gasteiger partial charge in [0.25, 0.3) is 0 Å². The fraction of sp³-hybridized carbons (Fsp3) is 0.538. The molecule has 1 atom stereocenters. The molecule has 0 bridgehead atoms. The van der Waals surface area contributed by atoms with E-state index in [2.05, 4.69) is 13.8 Å². The van der Waals surface area contributed by atoms with Crippen molar-refractivity contribution in [2.45, 2.75) is 26.7 Å². The molecule has 90 valence electrons. The van der Waals surface area contributed by atoms with Gasteiger partial charge in [-0.1, -0.05) is 37.6 Å². The van der Waals surface area contributed by atoms with Crippen LogP contribution in [-0.2, 0) is 6.42 Å². The average molecular weight is 263 g/mol. The van der Waals surface area contributed by atoms with Crippen LogP contribution >= 0.6 is 23.2 Å². The second-order valence-corrected chi connectivity index (χ2v) is 5.25. The average Bonchev–Trinajstić information content (AvgIpc) is 2.23. The normalized spacial score (nSPS) is 13.1. The Morgan fingerprint density at radius 1 is 1.31 bits per heavy atom. The molecular weight excluding hydrogens is 246 g/mol. The van der Waals surface area contributed by atoms with Crippen LogP contribution in [0.1, 0.15) is 25.8 Å². The van der Waals surface area contributed by atoms with Crippen molar-refractivity contribution < 1.29 is 4.39 Å². The molecule has 0 spiro atoms. The minimum Gasteiger partial charge on any atom is -0.205 e. The van der Waals surface area contributed by atoms with E-state index < -0.39 is 0 Å². The van der Waals surface area contributed by atoms with Crippen LogP contribution in [0.4, 0.5) is 4.39 Å². The lowest BCUT2D eigenvalue weighted by molar-refractivity contribution is 0.440. The van der Waals surface area contributed by atoms with Gasteiger partial charge in [0.15, 0.2) is 0 Å². The summed E-state index contributed by atoms with van der Waals surface area (Å²) in [6.07, 6.45) is 1.79. The van der Waals surface area contributed by atoms with Crippen LogP contribution in [0, 0.1) is 17.7 Å². The van der Waals surface area contributed by atoms with E-state index in [4.69, 9.17) is 23.2 Å². The summed E-state index contributed by atoms with van der Waals surface area (Å²) in [7, 11) is 0. The maximum Gasteiger partial charge on any atom is 0.142 e. The zero-order chi connectivity index (χ0) is 12.1. The molecule has 0 aromatic heterocycles. The van der Waals surface area contributed by atoms with E-state index in [0.29, 0.717) is 17.7 Å². The first-order valence-electron chi connectivity index (χ1n) is 5.53. The predicted octanol–water partition coefficient (Wildman–Crippen LogP) is 4.92. The second kappa shape index (κ2) is 6.46. The highest BCUT2D eigenvalue weighted by Crippen LogP contribution is 2.25. The molecule has 0 aliphatic carbocycles. The van der Waals surface area contributed by atoms with E-state index in [1.807, 2.05) is 6.07 Å². The van der Waals surface area contributed by atoms with Gasteiger partial charge in [-0.2, -0.15) is 0 Å². The molecule has 0 saturated heterocycles. The quantitative estimate of drug-likeness (QED) is 0.661. The van der Waals surface area contributed by atoms with Gasteiger partial charge in [0.05, 0.1) is 5.02 Å². The maximum atomic E-state index is 13.2. The number of halogens is 3. The second-order valence-electron chi connectivity index (χ2n) is 4.57. The van der Waals surface area contributed by atoms with Crippen molar-refractivity contribution in [3.8, 4) is 0 Å². The first kappa shape index (κ1) is 13.8. The molecule has 0 N–H and O–H groups in total. The summed E-state index contributed by atoms with van der Waals surface area (Å²) in [5, 5.41) is 0.237. The van der Waals surface area contributed by atoms with Gasteiger partial charge in [-0.3, -0.25) is 0 Å². The standard InChI is InChI=1S/C13H17Cl2F/c1-9(2)6-10(8-14)7-11-4-3-5-12(16)13(11)15/h3-5,9-10H,6-8H2,1-2H3. The van der Waals surface area contributed by atoms with Crippen LogP contribution in [0.5, 0.6) is 0 Å². The molecule has 1 aromatic carbocycles. The van der Waals surface area contributed by atoms with E-state index in [-0.39, 0.29) is 10.8 Å². The molecule has 3 heteroatoms. The molecular formula is C13H17Cl2F. The summed E-state index contributed by atoms with van der Waals surface area (Å²) in [5.74, 6) is 1.19. The highest BCUT2D eigenvalue weighted by molar-refractivity contribution is 6.31. The van der Waals surface area contributed by atoms with E-state index >= 15 is 0 Å². The highest BCUT2D eigenvalue weighted by Gasteiger charge is 2.14. The van der Waals surface area contributed by atoms with Crippen molar-refractivity contribution in [3.63, 3.8) is 0 Å². The first-order chi connectivity index (χ1) is 7.54. The van der Waals surface area contributed by atoms with Crippen LogP contribution < -0.4 is 0 Å². The Bertz CT molecular complexity index is 337. The van der Waals surface area contributed by atoms with Gasteiger partial charge in [0, 0.05) is 5.88 Å². The van der Waals surface area contributed by atoms with E-state index in [1.54, 1.807) is 6.07 Å². The third-order valence-corrected chi connectivity index (χ3v) is 3.42. The first-order valence-corrected chi connectivity index (χ1v) is 6.44. The summed E-state index contributed by atoms with van der Waals surface area (Å²) in [6, 6.07) is 4.94. The van der Waals surface area contributed by atoms with E-state index in [1.165, 1.54) is 6.07 Å². The fourth-order valence-corrected chi connectivity index (χ4v) is 2.32. The third kappa shape index (κ3) is 3.95. The number of rotatable bonds is 5. The number of benzene rings is 1. The largest absolute Gasteiger partial charge is 0.205 e. The minimum absolute atomic E-state index is 0.237. The van der Waals surface area contributed by atoms with Gasteiger partial charge in [0.2, 0.25) is 0 Å². The third-order valence-electron chi connectivity index (χ3n) is 2.56. The molecule has 0 fully saturated rings. The summed E-state index contributed by atoms with van der Waals surface area (Å²) in [6.45, 7) is 4.32. The van der Waals surface area contributed by atoms with Crippen molar-refractivity contribution in [2.24, 2.45) is 11.8 Å². The lowest BCUT2D eigenvalue weighted by Gasteiger charge is -2.17. The summed E-state index contributed by atoms with van der Waals surface area (Å²) >= 11 is 11.8. The monoisotopic (exact) mass is 262 g/mol. The molecule has 0 radical (unpaired) electrons. The number of alkyl halides is 1. The highest BCUT2D eigenvalue weighted by atomic mass is 35.5. The number of hydrogen-bond donors (Lipinski definition) is 0. The SMILES string of the molecule is CC(C)CC(CCl)Cc1cccc(F)c1Cl. The van der Waals surface area contributed by atoms with Gasteiger partial charge in [0.1, 0.15) is 5.82 Å². The van der Waals surface area contributed by atoms with Crippen molar-refractivity contribution in [1.29, 1.82) is 0 Å². The Morgan fingerprint density at radius 2 is 2.00 bits per heavy atom. The van der Waals surface area contributed by atoms with Gasteiger partial charge >= 0.3 is 0 Å². The molecule has 1 rings (SSSR count). The van der Waals surface area contributed by atoms with Crippen LogP contribution in [0.25, 0.3) is 0 Å². The van der Waals surface area contributed by atoms with Crippen LogP contribution in [0.2, 0.25) is 5.02 Å². The number of hydrogen-bond acceptors (Lipinski definition) is 0. The Labute approximate surface area is 107 Å². The molecule has 0 amide bonds. The molecule has 0 aliphatic heterocycles.